The summed E-state index contributed by atoms with van der Waals surface area (Å²) in [5.74, 6) is 0.453. The van der Waals surface area contributed by atoms with Gasteiger partial charge in [0.2, 0.25) is 0 Å². The van der Waals surface area contributed by atoms with Crippen LogP contribution in [-0.2, 0) is 0 Å². The van der Waals surface area contributed by atoms with Gasteiger partial charge in [-0.15, -0.1) is 0 Å². The molecule has 4 heteroatoms. The lowest BCUT2D eigenvalue weighted by Gasteiger charge is -2.10. The number of halogens is 2. The van der Waals surface area contributed by atoms with E-state index in [2.05, 4.69) is 15.9 Å². The highest BCUT2D eigenvalue weighted by Gasteiger charge is 2.15. The Morgan fingerprint density at radius 2 is 1.83 bits per heavy atom. The van der Waals surface area contributed by atoms with Gasteiger partial charge in [-0.2, -0.15) is 0 Å². The lowest BCUT2D eigenvalue weighted by molar-refractivity contribution is 0.107. The van der Waals surface area contributed by atoms with E-state index in [1.165, 1.54) is 7.11 Å². The number of benzene rings is 2. The number of hydrogen-bond donors (Lipinski definition) is 0. The van der Waals surface area contributed by atoms with Crippen LogP contribution in [0.15, 0.2) is 46.9 Å². The van der Waals surface area contributed by atoms with E-state index in [4.69, 9.17) is 16.3 Å². The first-order valence-electron chi connectivity index (χ1n) is 5.26. The van der Waals surface area contributed by atoms with Crippen molar-refractivity contribution in [2.75, 3.05) is 7.11 Å². The molecule has 0 bridgehead atoms. The second kappa shape index (κ2) is 5.55. The Balaban J connectivity index is 2.62. The van der Waals surface area contributed by atoms with E-state index < -0.39 is 5.24 Å². The van der Waals surface area contributed by atoms with E-state index in [-0.39, 0.29) is 0 Å². The third kappa shape index (κ3) is 2.57. The fraction of sp³-hybridized carbons (Fsp3) is 0.0714. The number of carbonyl (C=O) groups excluding carboxylic acids is 1. The largest absolute Gasteiger partial charge is 0.495 e. The summed E-state index contributed by atoms with van der Waals surface area (Å²) in [4.78, 5) is 11.4. The number of hydrogen-bond acceptors (Lipinski definition) is 2. The number of methoxy groups -OCH3 is 1. The molecule has 0 heterocycles. The molecule has 92 valence electrons. The first kappa shape index (κ1) is 13.1. The zero-order valence-electron chi connectivity index (χ0n) is 9.61. The van der Waals surface area contributed by atoms with Gasteiger partial charge >= 0.3 is 0 Å². The standard InChI is InChI=1S/C14H10BrClO2/c1-18-13-11(14(16)17)7-10(8-12(13)15)9-5-3-2-4-6-9/h2-8H,1H3. The minimum Gasteiger partial charge on any atom is -0.495 e. The maximum absolute atomic E-state index is 11.4. The van der Waals surface area contributed by atoms with Crippen molar-refractivity contribution in [1.29, 1.82) is 0 Å². The smallest absolute Gasteiger partial charge is 0.256 e. The van der Waals surface area contributed by atoms with Crippen molar-refractivity contribution < 1.29 is 9.53 Å². The van der Waals surface area contributed by atoms with Gasteiger partial charge in [-0.05, 0) is 50.8 Å². The Labute approximate surface area is 119 Å². The third-order valence-electron chi connectivity index (χ3n) is 2.57. The molecule has 2 aromatic carbocycles. The van der Waals surface area contributed by atoms with Crippen molar-refractivity contribution in [2.24, 2.45) is 0 Å². The molecule has 2 aromatic rings. The molecule has 0 N–H and O–H groups in total. The molecule has 0 fully saturated rings. The Morgan fingerprint density at radius 3 is 2.39 bits per heavy atom. The molecule has 0 aliphatic heterocycles. The molecule has 0 saturated heterocycles. The second-order valence-corrected chi connectivity index (χ2v) is 4.88. The van der Waals surface area contributed by atoms with Crippen molar-refractivity contribution in [3.8, 4) is 16.9 Å². The van der Waals surface area contributed by atoms with Crippen LogP contribution in [0.25, 0.3) is 11.1 Å². The molecule has 2 nitrogen and oxygen atoms in total. The SMILES string of the molecule is COc1c(Br)cc(-c2ccccc2)cc1C(=O)Cl. The molecular formula is C14H10BrClO2. The molecule has 18 heavy (non-hydrogen) atoms. The average molecular weight is 326 g/mol. The Hall–Kier alpha value is -1.32. The van der Waals surface area contributed by atoms with E-state index in [1.54, 1.807) is 6.07 Å². The van der Waals surface area contributed by atoms with Gasteiger partial charge < -0.3 is 4.74 Å². The fourth-order valence-electron chi connectivity index (χ4n) is 1.74. The summed E-state index contributed by atoms with van der Waals surface area (Å²) in [6.07, 6.45) is 0. The van der Waals surface area contributed by atoms with Crippen LogP contribution in [0.4, 0.5) is 0 Å². The highest BCUT2D eigenvalue weighted by atomic mass is 79.9. The summed E-state index contributed by atoms with van der Waals surface area (Å²) < 4.78 is 5.88. The maximum Gasteiger partial charge on any atom is 0.256 e. The van der Waals surface area contributed by atoms with Gasteiger partial charge in [0.1, 0.15) is 5.75 Å². The van der Waals surface area contributed by atoms with Crippen molar-refractivity contribution in [3.63, 3.8) is 0 Å². The molecule has 0 aromatic heterocycles. The van der Waals surface area contributed by atoms with Crippen LogP contribution in [0.5, 0.6) is 5.75 Å². The quantitative estimate of drug-likeness (QED) is 0.776. The monoisotopic (exact) mass is 324 g/mol. The lowest BCUT2D eigenvalue weighted by atomic mass is 10.0. The number of carbonyl (C=O) groups is 1. The molecular weight excluding hydrogens is 316 g/mol. The molecule has 0 unspecified atom stereocenters. The van der Waals surface area contributed by atoms with Crippen molar-refractivity contribution >= 4 is 32.8 Å². The number of ether oxygens (including phenoxy) is 1. The van der Waals surface area contributed by atoms with Crippen LogP contribution in [-0.4, -0.2) is 12.4 Å². The molecule has 0 amide bonds. The van der Waals surface area contributed by atoms with E-state index in [1.807, 2.05) is 36.4 Å². The van der Waals surface area contributed by atoms with Crippen molar-refractivity contribution in [1.82, 2.24) is 0 Å². The van der Waals surface area contributed by atoms with Gasteiger partial charge in [0.05, 0.1) is 17.1 Å². The topological polar surface area (TPSA) is 26.3 Å². The van der Waals surface area contributed by atoms with Crippen LogP contribution in [0.2, 0.25) is 0 Å². The molecule has 0 aliphatic carbocycles. The first-order chi connectivity index (χ1) is 8.63. The predicted molar refractivity (Wildman–Crippen MR) is 76.3 cm³/mol. The number of rotatable bonds is 3. The molecule has 0 radical (unpaired) electrons. The van der Waals surface area contributed by atoms with E-state index in [0.717, 1.165) is 11.1 Å². The third-order valence-corrected chi connectivity index (χ3v) is 3.36. The second-order valence-electron chi connectivity index (χ2n) is 3.68. The van der Waals surface area contributed by atoms with Crippen LogP contribution in [0.1, 0.15) is 10.4 Å². The summed E-state index contributed by atoms with van der Waals surface area (Å²) in [5, 5.41) is -0.537. The fourth-order valence-corrected chi connectivity index (χ4v) is 2.51. The molecule has 0 atom stereocenters. The zero-order valence-corrected chi connectivity index (χ0v) is 12.0. The zero-order chi connectivity index (χ0) is 13.1. The van der Waals surface area contributed by atoms with Gasteiger partial charge in [0.15, 0.2) is 0 Å². The molecule has 2 rings (SSSR count). The van der Waals surface area contributed by atoms with E-state index in [0.29, 0.717) is 15.8 Å². The van der Waals surface area contributed by atoms with E-state index >= 15 is 0 Å². The summed E-state index contributed by atoms with van der Waals surface area (Å²) in [7, 11) is 1.51. The highest BCUT2D eigenvalue weighted by Crippen LogP contribution is 2.35. The molecule has 0 saturated carbocycles. The summed E-state index contributed by atoms with van der Waals surface area (Å²) >= 11 is 8.97. The van der Waals surface area contributed by atoms with Gasteiger partial charge in [-0.3, -0.25) is 4.79 Å². The van der Waals surface area contributed by atoms with Gasteiger partial charge in [-0.1, -0.05) is 30.3 Å². The van der Waals surface area contributed by atoms with Gasteiger partial charge in [0.25, 0.3) is 5.24 Å². The Kier molecular flexibility index (Phi) is 4.04. The van der Waals surface area contributed by atoms with Gasteiger partial charge in [-0.25, -0.2) is 0 Å². The van der Waals surface area contributed by atoms with Crippen LogP contribution in [0, 0.1) is 0 Å². The maximum atomic E-state index is 11.4. The first-order valence-corrected chi connectivity index (χ1v) is 6.43. The highest BCUT2D eigenvalue weighted by molar-refractivity contribution is 9.10. The minimum atomic E-state index is -0.537. The summed E-state index contributed by atoms with van der Waals surface area (Å²) in [6, 6.07) is 13.4. The van der Waals surface area contributed by atoms with Crippen LogP contribution < -0.4 is 4.74 Å². The van der Waals surface area contributed by atoms with Gasteiger partial charge in [0, 0.05) is 0 Å². The molecule has 0 aliphatic rings. The van der Waals surface area contributed by atoms with Crippen LogP contribution in [0.3, 0.4) is 0 Å². The Bertz CT molecular complexity index is 582. The van der Waals surface area contributed by atoms with Crippen molar-refractivity contribution in [3.05, 3.63) is 52.5 Å². The minimum absolute atomic E-state index is 0.354. The predicted octanol–water partition coefficient (Wildman–Crippen LogP) is 4.50. The normalized spacial score (nSPS) is 10.2. The van der Waals surface area contributed by atoms with Crippen molar-refractivity contribution in [2.45, 2.75) is 0 Å². The van der Waals surface area contributed by atoms with E-state index in [9.17, 15) is 4.79 Å². The lowest BCUT2D eigenvalue weighted by Crippen LogP contribution is -1.97. The Morgan fingerprint density at radius 1 is 1.17 bits per heavy atom. The summed E-state index contributed by atoms with van der Waals surface area (Å²) in [6.45, 7) is 0. The summed E-state index contributed by atoms with van der Waals surface area (Å²) in [5.41, 5.74) is 2.28. The molecule has 0 spiro atoms. The average Bonchev–Trinajstić information content (AvgIpc) is 2.38. The van der Waals surface area contributed by atoms with Crippen LogP contribution >= 0.6 is 27.5 Å².